The van der Waals surface area contributed by atoms with E-state index in [-0.39, 0.29) is 5.91 Å². The zero-order chi connectivity index (χ0) is 15.9. The van der Waals surface area contributed by atoms with Gasteiger partial charge in [-0.25, -0.2) is 0 Å². The average molecular weight is 315 g/mol. The van der Waals surface area contributed by atoms with Crippen LogP contribution in [-0.2, 0) is 5.75 Å². The number of carbonyl (C=O) groups is 1. The molecule has 0 saturated carbocycles. The van der Waals surface area contributed by atoms with Gasteiger partial charge in [0.2, 0.25) is 0 Å². The Hall–Kier alpha value is -1.94. The highest BCUT2D eigenvalue weighted by atomic mass is 32.2. The minimum absolute atomic E-state index is 0.0493. The first-order chi connectivity index (χ1) is 10.6. The normalized spacial score (nSPS) is 10.3. The molecule has 0 aromatic heterocycles. The summed E-state index contributed by atoms with van der Waals surface area (Å²) >= 11 is 1.73. The van der Waals surface area contributed by atoms with E-state index in [9.17, 15) is 4.79 Å². The van der Waals surface area contributed by atoms with Crippen molar-refractivity contribution in [1.29, 1.82) is 0 Å². The predicted molar refractivity (Wildman–Crippen MR) is 91.7 cm³/mol. The zero-order valence-corrected chi connectivity index (χ0v) is 14.0. The van der Waals surface area contributed by atoms with Crippen molar-refractivity contribution >= 4 is 17.7 Å². The molecule has 0 aliphatic carbocycles. The van der Waals surface area contributed by atoms with Gasteiger partial charge in [0.15, 0.2) is 0 Å². The number of nitrogens with one attached hydrogen (secondary N) is 1. The van der Waals surface area contributed by atoms with Gasteiger partial charge in [-0.1, -0.05) is 17.7 Å². The fourth-order valence-corrected chi connectivity index (χ4v) is 2.97. The van der Waals surface area contributed by atoms with Crippen molar-refractivity contribution in [2.45, 2.75) is 24.5 Å². The topological polar surface area (TPSA) is 38.3 Å². The van der Waals surface area contributed by atoms with E-state index < -0.39 is 0 Å². The van der Waals surface area contributed by atoms with Crippen LogP contribution in [0.1, 0.15) is 28.4 Å². The molecule has 0 atom stereocenters. The summed E-state index contributed by atoms with van der Waals surface area (Å²) in [5, 5.41) is 2.82. The van der Waals surface area contributed by atoms with Crippen molar-refractivity contribution in [1.82, 2.24) is 5.32 Å². The number of carbonyl (C=O) groups excluding carboxylic acids is 1. The van der Waals surface area contributed by atoms with E-state index >= 15 is 0 Å². The lowest BCUT2D eigenvalue weighted by molar-refractivity contribution is 0.0955. The highest BCUT2D eigenvalue weighted by molar-refractivity contribution is 7.98. The minimum atomic E-state index is -0.0493. The molecule has 1 N–H and O–H groups in total. The highest BCUT2D eigenvalue weighted by Crippen LogP contribution is 2.29. The van der Waals surface area contributed by atoms with E-state index in [4.69, 9.17) is 4.74 Å². The molecule has 0 spiro atoms. The maximum atomic E-state index is 11.9. The Balaban J connectivity index is 2.15. The van der Waals surface area contributed by atoms with Crippen molar-refractivity contribution in [3.63, 3.8) is 0 Å². The van der Waals surface area contributed by atoms with E-state index in [2.05, 4.69) is 36.5 Å². The number of amides is 1. The second kappa shape index (κ2) is 7.90. The van der Waals surface area contributed by atoms with Crippen molar-refractivity contribution in [2.75, 3.05) is 13.7 Å². The van der Waals surface area contributed by atoms with Crippen molar-refractivity contribution in [3.05, 3.63) is 59.2 Å². The van der Waals surface area contributed by atoms with Gasteiger partial charge in [-0.15, -0.1) is 11.8 Å². The van der Waals surface area contributed by atoms with Crippen LogP contribution in [0.4, 0.5) is 0 Å². The molecule has 0 aliphatic heterocycles. The molecule has 3 nitrogen and oxygen atoms in total. The lowest BCUT2D eigenvalue weighted by Crippen LogP contribution is -2.22. The number of rotatable bonds is 6. The smallest absolute Gasteiger partial charge is 0.251 e. The molecule has 0 radical (unpaired) electrons. The number of benzene rings is 2. The fourth-order valence-electron chi connectivity index (χ4n) is 2.09. The monoisotopic (exact) mass is 315 g/mol. The van der Waals surface area contributed by atoms with Crippen LogP contribution in [0.5, 0.6) is 5.75 Å². The van der Waals surface area contributed by atoms with Gasteiger partial charge < -0.3 is 10.1 Å². The summed E-state index contributed by atoms with van der Waals surface area (Å²) in [5.74, 6) is 1.53. The molecular formula is C18H21NO2S. The lowest BCUT2D eigenvalue weighted by atomic mass is 10.1. The molecule has 22 heavy (non-hydrogen) atoms. The van der Waals surface area contributed by atoms with Crippen LogP contribution in [0.2, 0.25) is 0 Å². The molecule has 0 aliphatic rings. The quantitative estimate of drug-likeness (QED) is 0.817. The molecule has 4 heteroatoms. The second-order valence-electron chi connectivity index (χ2n) is 4.99. The van der Waals surface area contributed by atoms with Crippen molar-refractivity contribution < 1.29 is 9.53 Å². The molecule has 0 unspecified atom stereocenters. The van der Waals surface area contributed by atoms with Gasteiger partial charge in [0.05, 0.1) is 7.11 Å². The zero-order valence-electron chi connectivity index (χ0n) is 13.2. The molecule has 0 heterocycles. The number of hydrogen-bond acceptors (Lipinski definition) is 3. The summed E-state index contributed by atoms with van der Waals surface area (Å²) < 4.78 is 5.40. The summed E-state index contributed by atoms with van der Waals surface area (Å²) in [7, 11) is 1.65. The third kappa shape index (κ3) is 4.28. The molecule has 116 valence electrons. The van der Waals surface area contributed by atoms with E-state index in [1.165, 1.54) is 10.5 Å². The second-order valence-corrected chi connectivity index (χ2v) is 6.04. The molecule has 0 bridgehead atoms. The first kappa shape index (κ1) is 16.4. The molecule has 0 saturated heterocycles. The Morgan fingerprint density at radius 3 is 2.55 bits per heavy atom. The molecule has 0 fully saturated rings. The lowest BCUT2D eigenvalue weighted by Gasteiger charge is -2.11. The Morgan fingerprint density at radius 2 is 1.91 bits per heavy atom. The largest absolute Gasteiger partial charge is 0.496 e. The average Bonchev–Trinajstić information content (AvgIpc) is 2.54. The van der Waals surface area contributed by atoms with Crippen molar-refractivity contribution in [3.8, 4) is 5.75 Å². The van der Waals surface area contributed by atoms with Gasteiger partial charge >= 0.3 is 0 Å². The standard InChI is InChI=1S/C18H21NO2S/c1-4-19-18(20)14-7-10-17(21-3)15(11-14)12-22-16-8-5-13(2)6-9-16/h5-11H,4,12H2,1-3H3,(H,19,20). The van der Waals surface area contributed by atoms with Crippen LogP contribution in [0.25, 0.3) is 0 Å². The number of hydrogen-bond donors (Lipinski definition) is 1. The Kier molecular flexibility index (Phi) is 5.90. The molecule has 1 amide bonds. The van der Waals surface area contributed by atoms with Gasteiger partial charge in [0.1, 0.15) is 5.75 Å². The summed E-state index contributed by atoms with van der Waals surface area (Å²) in [6.45, 7) is 4.61. The van der Waals surface area contributed by atoms with Gasteiger partial charge in [0, 0.05) is 28.3 Å². The summed E-state index contributed by atoms with van der Waals surface area (Å²) in [5.41, 5.74) is 2.94. The van der Waals surface area contributed by atoms with E-state index in [1.807, 2.05) is 19.1 Å². The van der Waals surface area contributed by atoms with Crippen LogP contribution >= 0.6 is 11.8 Å². The number of aryl methyl sites for hydroxylation is 1. The van der Waals surface area contributed by atoms with Gasteiger partial charge in [-0.2, -0.15) is 0 Å². The molecule has 2 rings (SSSR count). The van der Waals surface area contributed by atoms with Gasteiger partial charge in [-0.3, -0.25) is 4.79 Å². The first-order valence-corrected chi connectivity index (χ1v) is 8.27. The summed E-state index contributed by atoms with van der Waals surface area (Å²) in [6, 6.07) is 14.0. The van der Waals surface area contributed by atoms with E-state index in [0.29, 0.717) is 12.1 Å². The first-order valence-electron chi connectivity index (χ1n) is 7.28. The Bertz CT molecular complexity index is 638. The maximum Gasteiger partial charge on any atom is 0.251 e. The predicted octanol–water partition coefficient (Wildman–Crippen LogP) is 4.05. The van der Waals surface area contributed by atoms with Crippen LogP contribution in [0, 0.1) is 6.92 Å². The van der Waals surface area contributed by atoms with Crippen molar-refractivity contribution in [2.24, 2.45) is 0 Å². The molecule has 2 aromatic carbocycles. The van der Waals surface area contributed by atoms with Gasteiger partial charge in [-0.05, 0) is 44.2 Å². The fraction of sp³-hybridized carbons (Fsp3) is 0.278. The van der Waals surface area contributed by atoms with Crippen LogP contribution in [0.3, 0.4) is 0 Å². The van der Waals surface area contributed by atoms with E-state index in [1.54, 1.807) is 24.9 Å². The third-order valence-corrected chi connectivity index (χ3v) is 4.36. The van der Waals surface area contributed by atoms with E-state index in [0.717, 1.165) is 17.1 Å². The molecular weight excluding hydrogens is 294 g/mol. The number of methoxy groups -OCH3 is 1. The summed E-state index contributed by atoms with van der Waals surface area (Å²) in [6.07, 6.45) is 0. The third-order valence-electron chi connectivity index (χ3n) is 3.30. The number of ether oxygens (including phenoxy) is 1. The van der Waals surface area contributed by atoms with Crippen LogP contribution in [0.15, 0.2) is 47.4 Å². The Labute approximate surface area is 136 Å². The SMILES string of the molecule is CCNC(=O)c1ccc(OC)c(CSc2ccc(C)cc2)c1. The van der Waals surface area contributed by atoms with Crippen LogP contribution in [-0.4, -0.2) is 19.6 Å². The summed E-state index contributed by atoms with van der Waals surface area (Å²) in [4.78, 5) is 13.2. The molecule has 2 aromatic rings. The Morgan fingerprint density at radius 1 is 1.18 bits per heavy atom. The maximum absolute atomic E-state index is 11.9. The van der Waals surface area contributed by atoms with Gasteiger partial charge in [0.25, 0.3) is 5.91 Å². The number of thioether (sulfide) groups is 1. The highest BCUT2D eigenvalue weighted by Gasteiger charge is 2.10. The minimum Gasteiger partial charge on any atom is -0.496 e. The van der Waals surface area contributed by atoms with Crippen LogP contribution < -0.4 is 10.1 Å².